The lowest BCUT2D eigenvalue weighted by atomic mass is 9.88. The zero-order valence-electron chi connectivity index (χ0n) is 28.7. The molecule has 0 atom stereocenters. The largest absolute Gasteiger partial charge is 0.565 e. The van der Waals surface area contributed by atoms with Crippen molar-refractivity contribution in [1.29, 1.82) is 0 Å². The molecule has 0 aromatic heterocycles. The van der Waals surface area contributed by atoms with E-state index in [-0.39, 0.29) is 0 Å². The Hall–Kier alpha value is -6.62. The molecule has 0 saturated heterocycles. The molecule has 0 unspecified atom stereocenters. The lowest BCUT2D eigenvalue weighted by molar-refractivity contribution is -0.275. The minimum Gasteiger partial charge on any atom is -0.565 e. The van der Waals surface area contributed by atoms with E-state index in [1.807, 2.05) is 0 Å². The molecule has 4 heteroatoms. The van der Waals surface area contributed by atoms with E-state index in [1.165, 1.54) is 80.4 Å². The normalized spacial score (nSPS) is 11.0. The van der Waals surface area contributed by atoms with Crippen LogP contribution in [0.4, 0.5) is 4.79 Å². The molecule has 0 heterocycles. The Morgan fingerprint density at radius 1 is 0.396 bits per heavy atom. The van der Waals surface area contributed by atoms with E-state index < -0.39 is 17.1 Å². The smallest absolute Gasteiger partial charge is 0.249 e. The fraction of sp³-hybridized carbons (Fsp3) is 0. The molecule has 0 fully saturated rings. The van der Waals surface area contributed by atoms with Crippen LogP contribution in [0.2, 0.25) is 0 Å². The molecular formula is C49H34O3S. The molecule has 1 N–H and O–H groups in total. The minimum absolute atomic E-state index is 0.416. The Kier molecular flexibility index (Phi) is 9.44. The molecule has 3 nitrogen and oxygen atoms in total. The van der Waals surface area contributed by atoms with Crippen molar-refractivity contribution in [2.45, 2.75) is 14.7 Å². The third-order valence-electron chi connectivity index (χ3n) is 9.51. The van der Waals surface area contributed by atoms with Gasteiger partial charge in [0, 0.05) is 11.1 Å². The van der Waals surface area contributed by atoms with Gasteiger partial charge in [-0.15, -0.1) is 0 Å². The van der Waals surface area contributed by atoms with Crippen molar-refractivity contribution < 1.29 is 15.0 Å². The Balaban J connectivity index is 0.000000954. The summed E-state index contributed by atoms with van der Waals surface area (Å²) in [5.41, 5.74) is 7.49. The lowest BCUT2D eigenvalue weighted by Crippen LogP contribution is -2.17. The molecule has 0 aliphatic carbocycles. The first kappa shape index (κ1) is 33.5. The van der Waals surface area contributed by atoms with Crippen LogP contribution >= 0.6 is 0 Å². The van der Waals surface area contributed by atoms with Gasteiger partial charge < -0.3 is 15.0 Å². The Morgan fingerprint density at radius 2 is 0.717 bits per heavy atom. The number of benzene rings is 9. The number of carbonyl (C=O) groups is 1. The molecule has 0 aliphatic heterocycles. The van der Waals surface area contributed by atoms with Gasteiger partial charge in [-0.05, 0) is 91.0 Å². The lowest BCUT2D eigenvalue weighted by Gasteiger charge is -2.21. The highest BCUT2D eigenvalue weighted by atomic mass is 32.2. The van der Waals surface area contributed by atoms with Crippen LogP contribution in [-0.2, 0) is 10.9 Å². The molecule has 9 rings (SSSR count). The van der Waals surface area contributed by atoms with Gasteiger partial charge in [-0.2, -0.15) is 0 Å². The van der Waals surface area contributed by atoms with E-state index in [0.717, 1.165) is 0 Å². The first-order valence-electron chi connectivity index (χ1n) is 17.4. The second-order valence-corrected chi connectivity index (χ2v) is 14.6. The monoisotopic (exact) mass is 702 g/mol. The third-order valence-corrected chi connectivity index (χ3v) is 11.8. The van der Waals surface area contributed by atoms with Crippen LogP contribution in [0, 0.1) is 0 Å². The Bertz CT molecular complexity index is 2560. The number of hydrogen-bond donors (Lipinski definition) is 1. The van der Waals surface area contributed by atoms with Gasteiger partial charge in [0.1, 0.15) is 10.9 Å². The number of fused-ring (bicyclic) bond motifs is 3. The minimum atomic E-state index is -2.08. The van der Waals surface area contributed by atoms with E-state index in [1.54, 1.807) is 0 Å². The van der Waals surface area contributed by atoms with E-state index in [2.05, 4.69) is 200 Å². The predicted molar refractivity (Wildman–Crippen MR) is 218 cm³/mol. The fourth-order valence-corrected chi connectivity index (χ4v) is 9.67. The van der Waals surface area contributed by atoms with E-state index in [9.17, 15) is 0 Å². The van der Waals surface area contributed by atoms with Gasteiger partial charge in [-0.3, -0.25) is 0 Å². The van der Waals surface area contributed by atoms with Crippen molar-refractivity contribution in [3.63, 3.8) is 0 Å². The van der Waals surface area contributed by atoms with Crippen LogP contribution in [0.3, 0.4) is 0 Å². The fourth-order valence-electron chi connectivity index (χ4n) is 7.29. The molecular weight excluding hydrogens is 669 g/mol. The molecule has 254 valence electrons. The van der Waals surface area contributed by atoms with Crippen molar-refractivity contribution in [1.82, 2.24) is 0 Å². The van der Waals surface area contributed by atoms with Crippen molar-refractivity contribution in [2.75, 3.05) is 0 Å². The summed E-state index contributed by atoms with van der Waals surface area (Å²) in [6.07, 6.45) is -2.08. The van der Waals surface area contributed by atoms with Gasteiger partial charge >= 0.3 is 0 Å². The third kappa shape index (κ3) is 6.76. The highest BCUT2D eigenvalue weighted by Gasteiger charge is 2.36. The SMILES string of the molecule is O=C([O-])O.c1ccc([S+](c2ccccc2)c2c(-c3cccc4ccccc34)cc(-c3cccc4ccccc34)cc2-c2cccc3ccccc23)cc1. The second kappa shape index (κ2) is 14.9. The van der Waals surface area contributed by atoms with Crippen molar-refractivity contribution in [3.05, 3.63) is 200 Å². The average molecular weight is 703 g/mol. The first-order valence-corrected chi connectivity index (χ1v) is 18.7. The van der Waals surface area contributed by atoms with Gasteiger partial charge in [0.15, 0.2) is 14.7 Å². The molecule has 0 saturated carbocycles. The highest BCUT2D eigenvalue weighted by molar-refractivity contribution is 7.97. The standard InChI is InChI=1S/C48H33S.CH2O3/c1-3-22-38(23-4-1)49(39-24-5-2-6-25-39)48-46(44-30-14-20-35-17-8-11-27-41(35)44)32-37(43-29-13-19-34-16-7-10-26-40(34)43)33-47(48)45-31-15-21-36-18-9-12-28-42(36)45;2-1(3)4/h1-33H;(H2,2,3,4)/q+1;/p-1. The summed E-state index contributed by atoms with van der Waals surface area (Å²) in [4.78, 5) is 12.4. The van der Waals surface area contributed by atoms with E-state index in [4.69, 9.17) is 15.0 Å². The van der Waals surface area contributed by atoms with Crippen LogP contribution in [0.5, 0.6) is 0 Å². The molecule has 0 bridgehead atoms. The van der Waals surface area contributed by atoms with Gasteiger partial charge in [-0.25, -0.2) is 0 Å². The van der Waals surface area contributed by atoms with Crippen molar-refractivity contribution in [3.8, 4) is 33.4 Å². The van der Waals surface area contributed by atoms with Crippen LogP contribution in [0.25, 0.3) is 65.7 Å². The summed E-state index contributed by atoms with van der Waals surface area (Å²) in [5.74, 6) is 0. The van der Waals surface area contributed by atoms with Gasteiger partial charge in [-0.1, -0.05) is 164 Å². The summed E-state index contributed by atoms with van der Waals surface area (Å²) in [6, 6.07) is 73.7. The van der Waals surface area contributed by atoms with Gasteiger partial charge in [0.25, 0.3) is 0 Å². The maximum atomic E-state index is 8.44. The number of rotatable bonds is 6. The first-order chi connectivity index (χ1) is 26.1. The quantitative estimate of drug-likeness (QED) is 0.175. The molecule has 0 amide bonds. The van der Waals surface area contributed by atoms with Crippen molar-refractivity contribution >= 4 is 49.4 Å². The summed E-state index contributed by atoms with van der Waals surface area (Å²) < 4.78 is 0. The maximum absolute atomic E-state index is 8.44. The molecule has 0 aliphatic rings. The summed E-state index contributed by atoms with van der Waals surface area (Å²) >= 11 is 0. The van der Waals surface area contributed by atoms with Gasteiger partial charge in [0.2, 0.25) is 6.16 Å². The Morgan fingerprint density at radius 3 is 1.13 bits per heavy atom. The molecule has 9 aromatic carbocycles. The molecule has 9 aromatic rings. The topological polar surface area (TPSA) is 60.4 Å². The van der Waals surface area contributed by atoms with Gasteiger partial charge in [0.05, 0.1) is 0 Å². The van der Waals surface area contributed by atoms with Crippen molar-refractivity contribution in [2.24, 2.45) is 0 Å². The van der Waals surface area contributed by atoms with Crippen LogP contribution in [0.15, 0.2) is 215 Å². The van der Waals surface area contributed by atoms with E-state index >= 15 is 0 Å². The van der Waals surface area contributed by atoms with Crippen LogP contribution in [0.1, 0.15) is 0 Å². The number of hydrogen-bond acceptors (Lipinski definition) is 2. The summed E-state index contributed by atoms with van der Waals surface area (Å²) in [6.45, 7) is 0. The zero-order valence-corrected chi connectivity index (χ0v) is 29.5. The highest BCUT2D eigenvalue weighted by Crippen LogP contribution is 2.48. The Labute approximate surface area is 311 Å². The molecule has 0 radical (unpaired) electrons. The average Bonchev–Trinajstić information content (AvgIpc) is 3.21. The maximum Gasteiger partial charge on any atom is 0.249 e. The summed E-state index contributed by atoms with van der Waals surface area (Å²) in [5, 5.41) is 22.8. The van der Waals surface area contributed by atoms with E-state index in [0.29, 0.717) is 0 Å². The van der Waals surface area contributed by atoms with Crippen LogP contribution < -0.4 is 5.11 Å². The molecule has 53 heavy (non-hydrogen) atoms. The predicted octanol–water partition coefficient (Wildman–Crippen LogP) is 12.1. The zero-order chi connectivity index (χ0) is 36.1. The summed E-state index contributed by atoms with van der Waals surface area (Å²) in [7, 11) is -0.416. The van der Waals surface area contributed by atoms with Crippen LogP contribution in [-0.4, -0.2) is 11.3 Å². The molecule has 0 spiro atoms. The number of carboxylic acid groups (broad SMARTS) is 2. The second-order valence-electron chi connectivity index (χ2n) is 12.7.